The van der Waals surface area contributed by atoms with E-state index in [1.54, 1.807) is 23.5 Å². The van der Waals surface area contributed by atoms with Gasteiger partial charge in [-0.15, -0.1) is 11.3 Å². The van der Waals surface area contributed by atoms with Crippen LogP contribution in [-0.4, -0.2) is 11.2 Å². The largest absolute Gasteiger partial charge is 0.392 e. The van der Waals surface area contributed by atoms with Crippen LogP contribution in [0.15, 0.2) is 34.1 Å². The molecule has 1 nitrogen and oxygen atoms in total. The fourth-order valence-corrected chi connectivity index (χ4v) is 3.60. The summed E-state index contributed by atoms with van der Waals surface area (Å²) < 4.78 is 1.06. The van der Waals surface area contributed by atoms with Crippen LogP contribution in [0, 0.1) is 0 Å². The van der Waals surface area contributed by atoms with Crippen LogP contribution in [0.25, 0.3) is 0 Å². The zero-order valence-electron chi connectivity index (χ0n) is 9.37. The summed E-state index contributed by atoms with van der Waals surface area (Å²) in [4.78, 5) is 1.16. The quantitative estimate of drug-likeness (QED) is 0.811. The number of rotatable bonds is 4. The van der Waals surface area contributed by atoms with Gasteiger partial charge in [0.05, 0.1) is 16.1 Å². The Balaban J connectivity index is 2.01. The third kappa shape index (κ3) is 3.72. The number of hydrogen-bond acceptors (Lipinski definition) is 2. The van der Waals surface area contributed by atoms with Crippen molar-refractivity contribution >= 4 is 50.5 Å². The molecule has 0 aliphatic rings. The second kappa shape index (κ2) is 6.40. The van der Waals surface area contributed by atoms with E-state index >= 15 is 0 Å². The molecule has 96 valence electrons. The maximum atomic E-state index is 10.1. The molecule has 0 radical (unpaired) electrons. The number of halogens is 3. The first-order chi connectivity index (χ1) is 8.56. The molecule has 1 unspecified atom stereocenters. The van der Waals surface area contributed by atoms with E-state index in [4.69, 9.17) is 23.2 Å². The molecule has 1 aromatic heterocycles. The average molecular weight is 366 g/mol. The van der Waals surface area contributed by atoms with Gasteiger partial charge < -0.3 is 5.11 Å². The maximum absolute atomic E-state index is 10.1. The molecule has 0 spiro atoms. The molecule has 1 heterocycles. The highest BCUT2D eigenvalue weighted by Gasteiger charge is 2.11. The normalized spacial score (nSPS) is 12.7. The zero-order valence-corrected chi connectivity index (χ0v) is 13.3. The molecule has 0 bridgehead atoms. The van der Waals surface area contributed by atoms with Gasteiger partial charge in [-0.3, -0.25) is 0 Å². The molecule has 2 aromatic rings. The van der Waals surface area contributed by atoms with Crippen molar-refractivity contribution in [3.8, 4) is 0 Å². The van der Waals surface area contributed by atoms with Crippen LogP contribution >= 0.6 is 50.5 Å². The zero-order chi connectivity index (χ0) is 13.1. The standard InChI is InChI=1S/C13H11BrCl2OS/c14-10-3-4-18-13(10)7-9(17)5-8-1-2-11(15)12(16)6-8/h1-4,6,9,17H,5,7H2. The van der Waals surface area contributed by atoms with Crippen molar-refractivity contribution in [1.82, 2.24) is 0 Å². The molecule has 0 saturated carbocycles. The Hall–Kier alpha value is -0.0600. The Labute approximate surface area is 128 Å². The van der Waals surface area contributed by atoms with Crippen LogP contribution in [0.1, 0.15) is 10.4 Å². The Morgan fingerprint density at radius 2 is 1.94 bits per heavy atom. The van der Waals surface area contributed by atoms with Crippen molar-refractivity contribution < 1.29 is 5.11 Å². The molecule has 2 rings (SSSR count). The van der Waals surface area contributed by atoms with E-state index in [1.165, 1.54) is 0 Å². The predicted molar refractivity (Wildman–Crippen MR) is 81.9 cm³/mol. The fourth-order valence-electron chi connectivity index (χ4n) is 1.70. The van der Waals surface area contributed by atoms with Crippen molar-refractivity contribution in [2.24, 2.45) is 0 Å². The molecule has 5 heteroatoms. The van der Waals surface area contributed by atoms with Crippen LogP contribution in [0.2, 0.25) is 10.0 Å². The Kier molecular flexibility index (Phi) is 5.10. The number of hydrogen-bond donors (Lipinski definition) is 1. The molecule has 1 aromatic carbocycles. The van der Waals surface area contributed by atoms with Crippen LogP contribution < -0.4 is 0 Å². The highest BCUT2D eigenvalue weighted by Crippen LogP contribution is 2.26. The minimum atomic E-state index is -0.419. The minimum Gasteiger partial charge on any atom is -0.392 e. The number of benzene rings is 1. The summed E-state index contributed by atoms with van der Waals surface area (Å²) in [7, 11) is 0. The van der Waals surface area contributed by atoms with E-state index in [0.29, 0.717) is 22.9 Å². The van der Waals surface area contributed by atoms with Crippen LogP contribution in [0.4, 0.5) is 0 Å². The first-order valence-electron chi connectivity index (χ1n) is 5.40. The Morgan fingerprint density at radius 3 is 2.56 bits per heavy atom. The SMILES string of the molecule is OC(Cc1ccc(Cl)c(Cl)c1)Cc1sccc1Br. The second-order valence-electron chi connectivity index (χ2n) is 4.00. The van der Waals surface area contributed by atoms with Gasteiger partial charge in [0.1, 0.15) is 0 Å². The van der Waals surface area contributed by atoms with Gasteiger partial charge in [-0.2, -0.15) is 0 Å². The van der Waals surface area contributed by atoms with E-state index in [9.17, 15) is 5.11 Å². The van der Waals surface area contributed by atoms with Gasteiger partial charge in [-0.25, -0.2) is 0 Å². The lowest BCUT2D eigenvalue weighted by Gasteiger charge is -2.10. The topological polar surface area (TPSA) is 20.2 Å². The molecular formula is C13H11BrCl2OS. The second-order valence-corrected chi connectivity index (χ2v) is 6.67. The Morgan fingerprint density at radius 1 is 1.17 bits per heavy atom. The summed E-state index contributed by atoms with van der Waals surface area (Å²) in [6.07, 6.45) is 0.789. The van der Waals surface area contributed by atoms with Gasteiger partial charge in [0, 0.05) is 15.8 Å². The summed E-state index contributed by atoms with van der Waals surface area (Å²) in [6.45, 7) is 0. The minimum absolute atomic E-state index is 0.419. The lowest BCUT2D eigenvalue weighted by Crippen LogP contribution is -2.13. The van der Waals surface area contributed by atoms with Gasteiger partial charge in [-0.1, -0.05) is 29.3 Å². The molecule has 1 atom stereocenters. The lowest BCUT2D eigenvalue weighted by molar-refractivity contribution is 0.176. The van der Waals surface area contributed by atoms with Gasteiger partial charge in [0.15, 0.2) is 0 Å². The van der Waals surface area contributed by atoms with E-state index in [0.717, 1.165) is 14.9 Å². The van der Waals surface area contributed by atoms with Crippen molar-refractivity contribution in [2.45, 2.75) is 18.9 Å². The number of aliphatic hydroxyl groups excluding tert-OH is 1. The van der Waals surface area contributed by atoms with E-state index in [1.807, 2.05) is 17.5 Å². The summed E-state index contributed by atoms with van der Waals surface area (Å²) in [5.74, 6) is 0. The highest BCUT2D eigenvalue weighted by atomic mass is 79.9. The lowest BCUT2D eigenvalue weighted by atomic mass is 10.1. The van der Waals surface area contributed by atoms with E-state index < -0.39 is 6.10 Å². The van der Waals surface area contributed by atoms with Crippen LogP contribution in [-0.2, 0) is 12.8 Å². The molecule has 0 aliphatic heterocycles. The smallest absolute Gasteiger partial charge is 0.0629 e. The number of aliphatic hydroxyl groups is 1. The van der Waals surface area contributed by atoms with E-state index in [-0.39, 0.29) is 0 Å². The summed E-state index contributed by atoms with van der Waals surface area (Å²) in [6, 6.07) is 7.44. The molecular weight excluding hydrogens is 355 g/mol. The van der Waals surface area contributed by atoms with Crippen molar-refractivity contribution in [2.75, 3.05) is 0 Å². The van der Waals surface area contributed by atoms with Crippen LogP contribution in [0.5, 0.6) is 0 Å². The fraction of sp³-hybridized carbons (Fsp3) is 0.231. The third-order valence-corrected chi connectivity index (χ3v) is 5.26. The first kappa shape index (κ1) is 14.4. The monoisotopic (exact) mass is 364 g/mol. The molecule has 1 N–H and O–H groups in total. The van der Waals surface area contributed by atoms with E-state index in [2.05, 4.69) is 15.9 Å². The molecule has 0 fully saturated rings. The van der Waals surface area contributed by atoms with Gasteiger partial charge >= 0.3 is 0 Å². The summed E-state index contributed by atoms with van der Waals surface area (Å²) >= 11 is 16.9. The number of thiophene rings is 1. The molecule has 0 amide bonds. The average Bonchev–Trinajstić information content (AvgIpc) is 2.70. The summed E-state index contributed by atoms with van der Waals surface area (Å²) in [5, 5.41) is 13.1. The van der Waals surface area contributed by atoms with Crippen molar-refractivity contribution in [3.63, 3.8) is 0 Å². The maximum Gasteiger partial charge on any atom is 0.0629 e. The van der Waals surface area contributed by atoms with Crippen molar-refractivity contribution in [3.05, 3.63) is 54.6 Å². The Bertz CT molecular complexity index is 542. The van der Waals surface area contributed by atoms with Crippen LogP contribution in [0.3, 0.4) is 0 Å². The molecule has 0 aliphatic carbocycles. The third-order valence-electron chi connectivity index (χ3n) is 2.57. The summed E-state index contributed by atoms with van der Waals surface area (Å²) in [5.41, 5.74) is 0.990. The van der Waals surface area contributed by atoms with Gasteiger partial charge in [0.2, 0.25) is 0 Å². The predicted octanol–water partition coefficient (Wildman–Crippen LogP) is 4.96. The first-order valence-corrected chi connectivity index (χ1v) is 7.83. The molecule has 18 heavy (non-hydrogen) atoms. The van der Waals surface area contributed by atoms with Gasteiger partial charge in [0.25, 0.3) is 0 Å². The van der Waals surface area contributed by atoms with Crippen molar-refractivity contribution in [1.29, 1.82) is 0 Å². The molecule has 0 saturated heterocycles. The van der Waals surface area contributed by atoms with Gasteiger partial charge in [-0.05, 0) is 51.5 Å². The highest BCUT2D eigenvalue weighted by molar-refractivity contribution is 9.10.